The van der Waals surface area contributed by atoms with Crippen molar-refractivity contribution in [2.45, 2.75) is 19.8 Å². The summed E-state index contributed by atoms with van der Waals surface area (Å²) in [6.07, 6.45) is 2.18. The number of likely N-dealkylation sites (tertiary alicyclic amines) is 1. The molecule has 0 unspecified atom stereocenters. The minimum Gasteiger partial charge on any atom is -0.352 e. The Morgan fingerprint density at radius 2 is 2.11 bits per heavy atom. The number of piperidine rings is 1. The Hall–Kier alpha value is -1.42. The number of nitrogens with one attached hydrogen (secondary N) is 1. The van der Waals surface area contributed by atoms with E-state index in [4.69, 9.17) is 0 Å². The van der Waals surface area contributed by atoms with E-state index in [1.165, 1.54) is 6.07 Å². The maximum absolute atomic E-state index is 13.7. The van der Waals surface area contributed by atoms with Crippen molar-refractivity contribution in [2.24, 2.45) is 5.92 Å². The number of carbonyl (C=O) groups excluding carboxylic acids is 1. The second kappa shape index (κ2) is 6.15. The molecule has 1 amide bonds. The number of amides is 1. The van der Waals surface area contributed by atoms with E-state index in [1.54, 1.807) is 12.1 Å². The third-order valence-electron chi connectivity index (χ3n) is 3.76. The second-order valence-electron chi connectivity index (χ2n) is 5.44. The first-order valence-corrected chi connectivity index (χ1v) is 6.79. The number of halogens is 1. The van der Waals surface area contributed by atoms with Crippen molar-refractivity contribution >= 4 is 5.91 Å². The van der Waals surface area contributed by atoms with Crippen LogP contribution in [0.1, 0.15) is 28.8 Å². The van der Waals surface area contributed by atoms with Gasteiger partial charge in [-0.2, -0.15) is 0 Å². The van der Waals surface area contributed by atoms with E-state index in [9.17, 15) is 9.18 Å². The van der Waals surface area contributed by atoms with Gasteiger partial charge in [-0.25, -0.2) is 4.39 Å². The van der Waals surface area contributed by atoms with E-state index in [0.717, 1.165) is 31.5 Å². The minimum absolute atomic E-state index is 0.138. The highest BCUT2D eigenvalue weighted by molar-refractivity contribution is 5.94. The Labute approximate surface area is 113 Å². The number of carbonyl (C=O) groups is 1. The lowest BCUT2D eigenvalue weighted by atomic mass is 9.97. The van der Waals surface area contributed by atoms with Gasteiger partial charge in [-0.15, -0.1) is 0 Å². The molecule has 1 heterocycles. The van der Waals surface area contributed by atoms with E-state index in [1.807, 2.05) is 6.92 Å². The summed E-state index contributed by atoms with van der Waals surface area (Å²) in [5.74, 6) is -0.244. The van der Waals surface area contributed by atoms with Gasteiger partial charge in [0.25, 0.3) is 5.91 Å². The molecule has 1 aliphatic heterocycles. The van der Waals surface area contributed by atoms with Crippen LogP contribution < -0.4 is 5.32 Å². The largest absolute Gasteiger partial charge is 0.352 e. The maximum Gasteiger partial charge on any atom is 0.254 e. The SMILES string of the molecule is Cc1ccc(C(=O)NCC2CCN(C)CC2)c(F)c1. The zero-order chi connectivity index (χ0) is 13.8. The van der Waals surface area contributed by atoms with Crippen LogP contribution in [-0.4, -0.2) is 37.5 Å². The third kappa shape index (κ3) is 3.77. The molecule has 104 valence electrons. The standard InChI is InChI=1S/C15H21FN2O/c1-11-3-4-13(14(16)9-11)15(19)17-10-12-5-7-18(2)8-6-12/h3-4,9,12H,5-8,10H2,1-2H3,(H,17,19). The molecule has 1 fully saturated rings. The zero-order valence-corrected chi connectivity index (χ0v) is 11.6. The highest BCUT2D eigenvalue weighted by atomic mass is 19.1. The topological polar surface area (TPSA) is 32.3 Å². The fraction of sp³-hybridized carbons (Fsp3) is 0.533. The Morgan fingerprint density at radius 1 is 1.42 bits per heavy atom. The van der Waals surface area contributed by atoms with Crippen molar-refractivity contribution in [1.29, 1.82) is 0 Å². The number of nitrogens with zero attached hydrogens (tertiary/aromatic N) is 1. The van der Waals surface area contributed by atoms with Gasteiger partial charge in [-0.1, -0.05) is 6.07 Å². The zero-order valence-electron chi connectivity index (χ0n) is 11.6. The van der Waals surface area contributed by atoms with Crippen molar-refractivity contribution in [1.82, 2.24) is 10.2 Å². The van der Waals surface area contributed by atoms with Crippen molar-refractivity contribution in [2.75, 3.05) is 26.7 Å². The Bertz CT molecular complexity index is 453. The molecular weight excluding hydrogens is 243 g/mol. The van der Waals surface area contributed by atoms with Crippen LogP contribution in [0.2, 0.25) is 0 Å². The molecule has 0 saturated carbocycles. The molecule has 0 aromatic heterocycles. The quantitative estimate of drug-likeness (QED) is 0.907. The molecule has 0 spiro atoms. The summed E-state index contributed by atoms with van der Waals surface area (Å²) in [4.78, 5) is 14.2. The van der Waals surface area contributed by atoms with Gasteiger partial charge in [-0.3, -0.25) is 4.79 Å². The third-order valence-corrected chi connectivity index (χ3v) is 3.76. The van der Waals surface area contributed by atoms with Gasteiger partial charge in [0.15, 0.2) is 0 Å². The molecular formula is C15H21FN2O. The first-order valence-electron chi connectivity index (χ1n) is 6.79. The minimum atomic E-state index is -0.444. The highest BCUT2D eigenvalue weighted by Gasteiger charge is 2.18. The van der Waals surface area contributed by atoms with Crippen LogP contribution in [-0.2, 0) is 0 Å². The summed E-state index contributed by atoms with van der Waals surface area (Å²) in [5, 5.41) is 2.85. The molecule has 0 bridgehead atoms. The molecule has 1 aromatic rings. The first-order chi connectivity index (χ1) is 9.06. The Morgan fingerprint density at radius 3 is 2.74 bits per heavy atom. The molecule has 4 heteroatoms. The van der Waals surface area contributed by atoms with E-state index < -0.39 is 5.82 Å². The predicted molar refractivity (Wildman–Crippen MR) is 73.7 cm³/mol. The van der Waals surface area contributed by atoms with Crippen molar-refractivity contribution in [3.8, 4) is 0 Å². The van der Waals surface area contributed by atoms with Gasteiger partial charge in [0.2, 0.25) is 0 Å². The van der Waals surface area contributed by atoms with E-state index >= 15 is 0 Å². The number of hydrogen-bond acceptors (Lipinski definition) is 2. The molecule has 1 aliphatic rings. The van der Waals surface area contributed by atoms with E-state index in [-0.39, 0.29) is 11.5 Å². The smallest absolute Gasteiger partial charge is 0.254 e. The molecule has 1 saturated heterocycles. The lowest BCUT2D eigenvalue weighted by Crippen LogP contribution is -2.37. The summed E-state index contributed by atoms with van der Waals surface area (Å²) in [7, 11) is 2.11. The predicted octanol–water partition coefficient (Wildman–Crippen LogP) is 2.21. The highest BCUT2D eigenvalue weighted by Crippen LogP contribution is 2.15. The van der Waals surface area contributed by atoms with Gasteiger partial charge in [0.1, 0.15) is 5.82 Å². The molecule has 0 aliphatic carbocycles. The van der Waals surface area contributed by atoms with Gasteiger partial charge in [-0.05, 0) is 63.5 Å². The van der Waals surface area contributed by atoms with Crippen LogP contribution in [0.15, 0.2) is 18.2 Å². The fourth-order valence-corrected chi connectivity index (χ4v) is 2.40. The monoisotopic (exact) mass is 264 g/mol. The molecule has 1 aromatic carbocycles. The van der Waals surface area contributed by atoms with Crippen LogP contribution in [0.25, 0.3) is 0 Å². The average Bonchev–Trinajstić information content (AvgIpc) is 2.37. The van der Waals surface area contributed by atoms with Crippen LogP contribution in [0.3, 0.4) is 0 Å². The van der Waals surface area contributed by atoms with Crippen LogP contribution in [0.4, 0.5) is 4.39 Å². The van der Waals surface area contributed by atoms with Crippen molar-refractivity contribution in [3.63, 3.8) is 0 Å². The van der Waals surface area contributed by atoms with Crippen LogP contribution >= 0.6 is 0 Å². The van der Waals surface area contributed by atoms with Gasteiger partial charge in [0.05, 0.1) is 5.56 Å². The van der Waals surface area contributed by atoms with Crippen molar-refractivity contribution < 1.29 is 9.18 Å². The number of hydrogen-bond donors (Lipinski definition) is 1. The van der Waals surface area contributed by atoms with E-state index in [0.29, 0.717) is 12.5 Å². The van der Waals surface area contributed by atoms with Gasteiger partial charge < -0.3 is 10.2 Å². The second-order valence-corrected chi connectivity index (χ2v) is 5.44. The van der Waals surface area contributed by atoms with Crippen LogP contribution in [0, 0.1) is 18.7 Å². The molecule has 1 N–H and O–H groups in total. The molecule has 2 rings (SSSR count). The van der Waals surface area contributed by atoms with Crippen molar-refractivity contribution in [3.05, 3.63) is 35.1 Å². The Kier molecular flexibility index (Phi) is 4.53. The summed E-state index contributed by atoms with van der Waals surface area (Å²) in [6, 6.07) is 4.70. The lowest BCUT2D eigenvalue weighted by Gasteiger charge is -2.28. The number of rotatable bonds is 3. The van der Waals surface area contributed by atoms with Gasteiger partial charge >= 0.3 is 0 Å². The van der Waals surface area contributed by atoms with E-state index in [2.05, 4.69) is 17.3 Å². The number of aryl methyl sites for hydroxylation is 1. The molecule has 19 heavy (non-hydrogen) atoms. The molecule has 0 atom stereocenters. The average molecular weight is 264 g/mol. The lowest BCUT2D eigenvalue weighted by molar-refractivity contribution is 0.0935. The Balaban J connectivity index is 1.87. The normalized spacial score (nSPS) is 17.4. The summed E-state index contributed by atoms with van der Waals surface area (Å²) in [5.41, 5.74) is 0.961. The maximum atomic E-state index is 13.7. The molecule has 0 radical (unpaired) electrons. The summed E-state index contributed by atoms with van der Waals surface area (Å²) < 4.78 is 13.7. The fourth-order valence-electron chi connectivity index (χ4n) is 2.40. The summed E-state index contributed by atoms with van der Waals surface area (Å²) in [6.45, 7) is 4.59. The summed E-state index contributed by atoms with van der Waals surface area (Å²) >= 11 is 0. The first kappa shape index (κ1) is 14.0. The van der Waals surface area contributed by atoms with Gasteiger partial charge in [0, 0.05) is 6.54 Å². The molecule has 3 nitrogen and oxygen atoms in total. The number of benzene rings is 1. The van der Waals surface area contributed by atoms with Crippen LogP contribution in [0.5, 0.6) is 0 Å².